The molecule has 0 spiro atoms. The fourth-order valence-electron chi connectivity index (χ4n) is 1.57. The molecule has 0 heterocycles. The molecule has 1 aromatic rings. The molecule has 0 radical (unpaired) electrons. The first-order chi connectivity index (χ1) is 9.61. The van der Waals surface area contributed by atoms with Crippen LogP contribution in [-0.2, 0) is 9.53 Å². The number of hydrogen-bond acceptors (Lipinski definition) is 3. The predicted molar refractivity (Wildman–Crippen MR) is 84.7 cm³/mol. The van der Waals surface area contributed by atoms with E-state index in [9.17, 15) is 4.79 Å². The van der Waals surface area contributed by atoms with Gasteiger partial charge in [-0.15, -0.1) is 0 Å². The van der Waals surface area contributed by atoms with Crippen LogP contribution in [0.4, 0.5) is 5.69 Å². The zero-order valence-electron chi connectivity index (χ0n) is 12.0. The van der Waals surface area contributed by atoms with E-state index in [1.807, 2.05) is 38.1 Å². The van der Waals surface area contributed by atoms with Crippen LogP contribution >= 0.6 is 15.9 Å². The van der Waals surface area contributed by atoms with Gasteiger partial charge in [0.15, 0.2) is 0 Å². The molecule has 0 unspecified atom stereocenters. The van der Waals surface area contributed by atoms with Crippen LogP contribution in [-0.4, -0.2) is 30.6 Å². The Morgan fingerprint density at radius 1 is 1.25 bits per heavy atom. The Labute approximate surface area is 129 Å². The largest absolute Gasteiger partial charge is 0.493 e. The number of rotatable bonds is 9. The molecule has 1 N–H and O–H groups in total. The molecule has 112 valence electrons. The normalized spacial score (nSPS) is 10.6. The van der Waals surface area contributed by atoms with E-state index in [1.165, 1.54) is 0 Å². The molecule has 4 nitrogen and oxygen atoms in total. The number of nitrogens with one attached hydrogen (secondary N) is 1. The minimum absolute atomic E-state index is 0.00600. The summed E-state index contributed by atoms with van der Waals surface area (Å²) >= 11 is 3.30. The van der Waals surface area contributed by atoms with Gasteiger partial charge in [0.25, 0.3) is 0 Å². The summed E-state index contributed by atoms with van der Waals surface area (Å²) in [7, 11) is 0. The third-order valence-corrected chi connectivity index (χ3v) is 2.81. The highest BCUT2D eigenvalue weighted by Crippen LogP contribution is 2.16. The molecule has 0 aliphatic carbocycles. The van der Waals surface area contributed by atoms with E-state index >= 15 is 0 Å². The van der Waals surface area contributed by atoms with Crippen LogP contribution in [0.5, 0.6) is 5.75 Å². The van der Waals surface area contributed by atoms with E-state index in [0.717, 1.165) is 23.2 Å². The van der Waals surface area contributed by atoms with E-state index in [2.05, 4.69) is 21.2 Å². The zero-order valence-corrected chi connectivity index (χ0v) is 13.6. The number of alkyl halides is 1. The summed E-state index contributed by atoms with van der Waals surface area (Å²) in [6.07, 6.45) is 1.41. The number of benzene rings is 1. The molecule has 1 aromatic carbocycles. The number of carbonyl (C=O) groups excluding carboxylic acids is 1. The average Bonchev–Trinajstić information content (AvgIpc) is 2.43. The van der Waals surface area contributed by atoms with Gasteiger partial charge in [-0.05, 0) is 44.5 Å². The van der Waals surface area contributed by atoms with Crippen molar-refractivity contribution in [2.24, 2.45) is 0 Å². The fourth-order valence-corrected chi connectivity index (χ4v) is 1.73. The van der Waals surface area contributed by atoms with Crippen LogP contribution in [0.15, 0.2) is 24.3 Å². The van der Waals surface area contributed by atoms with Crippen LogP contribution in [0.2, 0.25) is 0 Å². The van der Waals surface area contributed by atoms with Gasteiger partial charge in [-0.2, -0.15) is 0 Å². The molecule has 0 bridgehead atoms. The molecule has 0 saturated carbocycles. The Hall–Kier alpha value is -1.07. The lowest BCUT2D eigenvalue weighted by atomic mass is 10.2. The summed E-state index contributed by atoms with van der Waals surface area (Å²) in [5.74, 6) is 0.805. The zero-order chi connectivity index (χ0) is 14.8. The van der Waals surface area contributed by atoms with Crippen molar-refractivity contribution in [1.29, 1.82) is 0 Å². The Bertz CT molecular complexity index is 393. The molecule has 20 heavy (non-hydrogen) atoms. The van der Waals surface area contributed by atoms with Crippen molar-refractivity contribution < 1.29 is 14.3 Å². The van der Waals surface area contributed by atoms with Crippen LogP contribution in [0, 0.1) is 0 Å². The molecule has 0 aliphatic heterocycles. The lowest BCUT2D eigenvalue weighted by molar-refractivity contribution is -0.116. The SMILES string of the molecule is CC(C)OCCCC(=O)Nc1ccc(OCCBr)cc1. The molecule has 0 fully saturated rings. The predicted octanol–water partition coefficient (Wildman–Crippen LogP) is 3.60. The highest BCUT2D eigenvalue weighted by molar-refractivity contribution is 9.09. The van der Waals surface area contributed by atoms with Gasteiger partial charge in [-0.25, -0.2) is 0 Å². The lowest BCUT2D eigenvalue weighted by Crippen LogP contribution is -2.13. The minimum Gasteiger partial charge on any atom is -0.493 e. The second-order valence-electron chi connectivity index (χ2n) is 4.63. The Morgan fingerprint density at radius 2 is 1.95 bits per heavy atom. The van der Waals surface area contributed by atoms with Gasteiger partial charge >= 0.3 is 0 Å². The van der Waals surface area contributed by atoms with Crippen molar-refractivity contribution in [2.75, 3.05) is 23.9 Å². The first-order valence-corrected chi connectivity index (χ1v) is 7.94. The van der Waals surface area contributed by atoms with Crippen LogP contribution in [0.1, 0.15) is 26.7 Å². The third-order valence-electron chi connectivity index (χ3n) is 2.48. The van der Waals surface area contributed by atoms with Crippen LogP contribution in [0.25, 0.3) is 0 Å². The summed E-state index contributed by atoms with van der Waals surface area (Å²) < 4.78 is 10.8. The monoisotopic (exact) mass is 343 g/mol. The number of carbonyl (C=O) groups is 1. The first kappa shape index (κ1) is 17.0. The van der Waals surface area contributed by atoms with Crippen LogP contribution in [0.3, 0.4) is 0 Å². The van der Waals surface area contributed by atoms with E-state index < -0.39 is 0 Å². The molecule has 0 aromatic heterocycles. The first-order valence-electron chi connectivity index (χ1n) is 6.82. The Morgan fingerprint density at radius 3 is 2.55 bits per heavy atom. The summed E-state index contributed by atoms with van der Waals surface area (Å²) in [4.78, 5) is 11.7. The van der Waals surface area contributed by atoms with Crippen molar-refractivity contribution in [3.05, 3.63) is 24.3 Å². The lowest BCUT2D eigenvalue weighted by Gasteiger charge is -2.09. The van der Waals surface area contributed by atoms with Gasteiger partial charge in [-0.1, -0.05) is 15.9 Å². The summed E-state index contributed by atoms with van der Waals surface area (Å²) in [6, 6.07) is 7.37. The quantitative estimate of drug-likeness (QED) is 0.550. The number of halogens is 1. The molecule has 0 aliphatic rings. The topological polar surface area (TPSA) is 47.6 Å². The summed E-state index contributed by atoms with van der Waals surface area (Å²) in [5.41, 5.74) is 0.783. The highest BCUT2D eigenvalue weighted by atomic mass is 79.9. The number of anilines is 1. The molecule has 1 rings (SSSR count). The average molecular weight is 344 g/mol. The molecule has 0 saturated heterocycles. The molecule has 5 heteroatoms. The fraction of sp³-hybridized carbons (Fsp3) is 0.533. The maximum atomic E-state index is 11.7. The highest BCUT2D eigenvalue weighted by Gasteiger charge is 2.03. The molecule has 1 amide bonds. The second-order valence-corrected chi connectivity index (χ2v) is 5.43. The smallest absolute Gasteiger partial charge is 0.224 e. The maximum absolute atomic E-state index is 11.7. The van der Waals surface area contributed by atoms with Crippen molar-refractivity contribution in [3.63, 3.8) is 0 Å². The Balaban J connectivity index is 2.27. The summed E-state index contributed by atoms with van der Waals surface area (Å²) in [5, 5.41) is 3.65. The number of hydrogen-bond donors (Lipinski definition) is 1. The van der Waals surface area contributed by atoms with Crippen molar-refractivity contribution >= 4 is 27.5 Å². The second kappa shape index (κ2) is 9.77. The van der Waals surface area contributed by atoms with E-state index in [1.54, 1.807) is 0 Å². The van der Waals surface area contributed by atoms with Gasteiger partial charge in [0.2, 0.25) is 5.91 Å². The standard InChI is InChI=1S/C15H22BrNO3/c1-12(2)19-10-3-4-15(18)17-13-5-7-14(8-6-13)20-11-9-16/h5-8,12H,3-4,9-11H2,1-2H3,(H,17,18). The Kier molecular flexibility index (Phi) is 8.30. The maximum Gasteiger partial charge on any atom is 0.224 e. The van der Waals surface area contributed by atoms with Gasteiger partial charge < -0.3 is 14.8 Å². The van der Waals surface area contributed by atoms with Crippen molar-refractivity contribution in [1.82, 2.24) is 0 Å². The van der Waals surface area contributed by atoms with Gasteiger partial charge in [0, 0.05) is 24.0 Å². The minimum atomic E-state index is 0.00600. The van der Waals surface area contributed by atoms with E-state index in [-0.39, 0.29) is 12.0 Å². The van der Waals surface area contributed by atoms with E-state index in [0.29, 0.717) is 19.6 Å². The molecular weight excluding hydrogens is 322 g/mol. The third kappa shape index (κ3) is 7.50. The van der Waals surface area contributed by atoms with Gasteiger partial charge in [0.05, 0.1) is 12.7 Å². The number of amides is 1. The van der Waals surface area contributed by atoms with Crippen molar-refractivity contribution in [2.45, 2.75) is 32.8 Å². The van der Waals surface area contributed by atoms with Gasteiger partial charge in [0.1, 0.15) is 5.75 Å². The number of ether oxygens (including phenoxy) is 2. The summed E-state index contributed by atoms with van der Waals surface area (Å²) in [6.45, 7) is 5.21. The molecule has 0 atom stereocenters. The van der Waals surface area contributed by atoms with Crippen LogP contribution < -0.4 is 10.1 Å². The van der Waals surface area contributed by atoms with Gasteiger partial charge in [-0.3, -0.25) is 4.79 Å². The molecular formula is C15H22BrNO3. The van der Waals surface area contributed by atoms with E-state index in [4.69, 9.17) is 9.47 Å². The van der Waals surface area contributed by atoms with Crippen molar-refractivity contribution in [3.8, 4) is 5.75 Å².